The van der Waals surface area contributed by atoms with Crippen LogP contribution in [0.4, 0.5) is 5.13 Å². The van der Waals surface area contributed by atoms with Gasteiger partial charge in [-0.3, -0.25) is 10.1 Å². The molecule has 6 heteroatoms. The molecule has 0 bridgehead atoms. The predicted octanol–water partition coefficient (Wildman–Crippen LogP) is 4.00. The Morgan fingerprint density at radius 3 is 2.48 bits per heavy atom. The molecule has 0 aliphatic heterocycles. The number of esters is 1. The monoisotopic (exact) mass is 332 g/mol. The predicted molar refractivity (Wildman–Crippen MR) is 91.3 cm³/mol. The summed E-state index contributed by atoms with van der Waals surface area (Å²) >= 11 is 1.12. The van der Waals surface area contributed by atoms with E-state index >= 15 is 0 Å². The normalized spacial score (nSPS) is 10.7. The third kappa shape index (κ3) is 4.16. The first-order valence-corrected chi connectivity index (χ1v) is 8.29. The second-order valence-electron chi connectivity index (χ2n) is 5.38. The fourth-order valence-corrected chi connectivity index (χ4v) is 2.88. The molecule has 0 fully saturated rings. The van der Waals surface area contributed by atoms with Crippen molar-refractivity contribution >= 4 is 28.3 Å². The Morgan fingerprint density at radius 1 is 1.26 bits per heavy atom. The molecule has 0 unspecified atom stereocenters. The van der Waals surface area contributed by atoms with Crippen LogP contribution in [0.25, 0.3) is 0 Å². The van der Waals surface area contributed by atoms with E-state index in [2.05, 4.69) is 24.1 Å². The summed E-state index contributed by atoms with van der Waals surface area (Å²) in [6.45, 7) is 7.97. The van der Waals surface area contributed by atoms with Gasteiger partial charge >= 0.3 is 5.97 Å². The summed E-state index contributed by atoms with van der Waals surface area (Å²) in [5.41, 5.74) is 2.29. The topological polar surface area (TPSA) is 68.3 Å². The van der Waals surface area contributed by atoms with Gasteiger partial charge < -0.3 is 4.74 Å². The number of ether oxygens (including phenoxy) is 1. The molecule has 2 rings (SSSR count). The van der Waals surface area contributed by atoms with Crippen molar-refractivity contribution in [3.8, 4) is 0 Å². The van der Waals surface area contributed by atoms with Crippen LogP contribution in [0, 0.1) is 6.92 Å². The number of nitrogens with one attached hydrogen (secondary N) is 1. The van der Waals surface area contributed by atoms with Crippen LogP contribution in [0.1, 0.15) is 58.0 Å². The number of carbonyl (C=O) groups is 2. The summed E-state index contributed by atoms with van der Waals surface area (Å²) in [7, 11) is 0. The van der Waals surface area contributed by atoms with E-state index in [0.29, 0.717) is 33.8 Å². The molecule has 5 nitrogen and oxygen atoms in total. The van der Waals surface area contributed by atoms with Crippen molar-refractivity contribution in [1.29, 1.82) is 0 Å². The fraction of sp³-hybridized carbons (Fsp3) is 0.353. The molecule has 0 spiro atoms. The number of aryl methyl sites for hydroxylation is 1. The highest BCUT2D eigenvalue weighted by atomic mass is 32.1. The molecule has 23 heavy (non-hydrogen) atoms. The van der Waals surface area contributed by atoms with Gasteiger partial charge in [0.1, 0.15) is 4.88 Å². The fourth-order valence-electron chi connectivity index (χ4n) is 2.02. The van der Waals surface area contributed by atoms with Crippen LogP contribution in [0.2, 0.25) is 0 Å². The standard InChI is InChI=1S/C17H20N2O3S/c1-5-22-16(21)14-11(4)18-17(23-14)19-15(20)13-8-6-12(7-9-13)10(2)3/h6-10H,5H2,1-4H3,(H,18,19,20). The Morgan fingerprint density at radius 2 is 1.91 bits per heavy atom. The molecule has 1 amide bonds. The SMILES string of the molecule is CCOC(=O)c1sc(NC(=O)c2ccc(C(C)C)cc2)nc1C. The van der Waals surface area contributed by atoms with Gasteiger partial charge in [-0.2, -0.15) is 0 Å². The lowest BCUT2D eigenvalue weighted by molar-refractivity contribution is 0.0531. The quantitative estimate of drug-likeness (QED) is 0.840. The summed E-state index contributed by atoms with van der Waals surface area (Å²) < 4.78 is 4.97. The van der Waals surface area contributed by atoms with Gasteiger partial charge in [0.25, 0.3) is 5.91 Å². The molecular formula is C17H20N2O3S. The van der Waals surface area contributed by atoms with E-state index in [1.54, 1.807) is 26.0 Å². The summed E-state index contributed by atoms with van der Waals surface area (Å²) in [4.78, 5) is 28.6. The number of hydrogen-bond acceptors (Lipinski definition) is 5. The second kappa shape index (κ2) is 7.37. The third-order valence-electron chi connectivity index (χ3n) is 3.32. The number of rotatable bonds is 5. The van der Waals surface area contributed by atoms with Gasteiger partial charge in [0, 0.05) is 5.56 Å². The van der Waals surface area contributed by atoms with Crippen LogP contribution in [0.5, 0.6) is 0 Å². The van der Waals surface area contributed by atoms with Gasteiger partial charge in [-0.05, 0) is 37.5 Å². The zero-order valence-corrected chi connectivity index (χ0v) is 14.5. The lowest BCUT2D eigenvalue weighted by Gasteiger charge is -2.06. The van der Waals surface area contributed by atoms with E-state index in [0.717, 1.165) is 11.3 Å². The van der Waals surface area contributed by atoms with Crippen LogP contribution in [-0.4, -0.2) is 23.5 Å². The molecule has 0 saturated heterocycles. The molecule has 0 aliphatic rings. The Labute approximate surface area is 139 Å². The Balaban J connectivity index is 2.11. The van der Waals surface area contributed by atoms with Crippen LogP contribution in [0.3, 0.4) is 0 Å². The van der Waals surface area contributed by atoms with Gasteiger partial charge in [-0.25, -0.2) is 9.78 Å². The second-order valence-corrected chi connectivity index (χ2v) is 6.38. The Hall–Kier alpha value is -2.21. The minimum atomic E-state index is -0.413. The van der Waals surface area contributed by atoms with Crippen molar-refractivity contribution in [2.45, 2.75) is 33.6 Å². The number of benzene rings is 1. The zero-order chi connectivity index (χ0) is 17.0. The number of aromatic nitrogens is 1. The summed E-state index contributed by atoms with van der Waals surface area (Å²) in [5.74, 6) is -0.241. The van der Waals surface area contributed by atoms with Gasteiger partial charge in [-0.1, -0.05) is 37.3 Å². The van der Waals surface area contributed by atoms with Crippen LogP contribution in [0.15, 0.2) is 24.3 Å². The van der Waals surface area contributed by atoms with Crippen molar-refractivity contribution in [1.82, 2.24) is 4.98 Å². The van der Waals surface area contributed by atoms with Crippen molar-refractivity contribution in [3.63, 3.8) is 0 Å². The number of anilines is 1. The lowest BCUT2D eigenvalue weighted by Crippen LogP contribution is -2.11. The number of nitrogens with zero attached hydrogens (tertiary/aromatic N) is 1. The maximum atomic E-state index is 12.3. The smallest absolute Gasteiger partial charge is 0.350 e. The van der Waals surface area contributed by atoms with Crippen molar-refractivity contribution in [3.05, 3.63) is 46.0 Å². The van der Waals surface area contributed by atoms with Crippen molar-refractivity contribution < 1.29 is 14.3 Å². The maximum Gasteiger partial charge on any atom is 0.350 e. The van der Waals surface area contributed by atoms with Crippen LogP contribution >= 0.6 is 11.3 Å². The molecule has 0 saturated carbocycles. The largest absolute Gasteiger partial charge is 0.462 e. The molecule has 1 aromatic heterocycles. The lowest BCUT2D eigenvalue weighted by atomic mass is 10.0. The Bertz CT molecular complexity index is 705. The number of amides is 1. The van der Waals surface area contributed by atoms with E-state index in [1.165, 1.54) is 5.56 Å². The highest BCUT2D eigenvalue weighted by molar-refractivity contribution is 7.17. The molecule has 2 aromatic rings. The molecule has 1 aromatic carbocycles. The molecule has 0 radical (unpaired) electrons. The first kappa shape index (κ1) is 17.1. The summed E-state index contributed by atoms with van der Waals surface area (Å²) in [5, 5.41) is 3.12. The maximum absolute atomic E-state index is 12.3. The highest BCUT2D eigenvalue weighted by Gasteiger charge is 2.18. The van der Waals surface area contributed by atoms with E-state index in [-0.39, 0.29) is 5.91 Å². The minimum absolute atomic E-state index is 0.246. The molecular weight excluding hydrogens is 312 g/mol. The summed E-state index contributed by atoms with van der Waals surface area (Å²) in [6, 6.07) is 7.46. The summed E-state index contributed by atoms with van der Waals surface area (Å²) in [6.07, 6.45) is 0. The van der Waals surface area contributed by atoms with E-state index in [4.69, 9.17) is 4.74 Å². The van der Waals surface area contributed by atoms with E-state index < -0.39 is 5.97 Å². The highest BCUT2D eigenvalue weighted by Crippen LogP contribution is 2.24. The van der Waals surface area contributed by atoms with Crippen molar-refractivity contribution in [2.75, 3.05) is 11.9 Å². The van der Waals surface area contributed by atoms with Crippen molar-refractivity contribution in [2.24, 2.45) is 0 Å². The minimum Gasteiger partial charge on any atom is -0.462 e. The average molecular weight is 332 g/mol. The van der Waals surface area contributed by atoms with Gasteiger partial charge in [0.05, 0.1) is 12.3 Å². The Kier molecular flexibility index (Phi) is 5.50. The number of hydrogen-bond donors (Lipinski definition) is 1. The average Bonchev–Trinajstić information content (AvgIpc) is 2.88. The van der Waals surface area contributed by atoms with E-state index in [9.17, 15) is 9.59 Å². The van der Waals surface area contributed by atoms with Gasteiger partial charge in [0.2, 0.25) is 0 Å². The van der Waals surface area contributed by atoms with Gasteiger partial charge in [-0.15, -0.1) is 0 Å². The number of thiazole rings is 1. The van der Waals surface area contributed by atoms with E-state index in [1.807, 2.05) is 12.1 Å². The first-order chi connectivity index (χ1) is 10.9. The molecule has 122 valence electrons. The molecule has 1 heterocycles. The van der Waals surface area contributed by atoms with Crippen LogP contribution in [-0.2, 0) is 4.74 Å². The molecule has 0 aliphatic carbocycles. The van der Waals surface area contributed by atoms with Gasteiger partial charge in [0.15, 0.2) is 5.13 Å². The number of carbonyl (C=O) groups excluding carboxylic acids is 2. The third-order valence-corrected chi connectivity index (χ3v) is 4.37. The molecule has 0 atom stereocenters. The first-order valence-electron chi connectivity index (χ1n) is 7.48. The zero-order valence-electron chi connectivity index (χ0n) is 13.7. The molecule has 1 N–H and O–H groups in total. The van der Waals surface area contributed by atoms with Crippen LogP contribution < -0.4 is 5.32 Å².